The molecule has 2 saturated heterocycles. The van der Waals surface area contributed by atoms with Crippen LogP contribution in [0.1, 0.15) is 36.9 Å². The summed E-state index contributed by atoms with van der Waals surface area (Å²) in [4.78, 5) is 33.8. The Balaban J connectivity index is 1.75. The van der Waals surface area contributed by atoms with Crippen molar-refractivity contribution < 1.29 is 19.2 Å². The van der Waals surface area contributed by atoms with E-state index in [0.717, 1.165) is 35.4 Å². The van der Waals surface area contributed by atoms with E-state index in [-0.39, 0.29) is 17.9 Å². The van der Waals surface area contributed by atoms with E-state index in [2.05, 4.69) is 0 Å². The normalized spacial score (nSPS) is 23.6. The number of para-hydroxylation sites is 1. The maximum absolute atomic E-state index is 13.2. The number of amides is 2. The van der Waals surface area contributed by atoms with E-state index in [1.807, 2.05) is 62.4 Å². The van der Waals surface area contributed by atoms with E-state index >= 15 is 0 Å². The fourth-order valence-electron chi connectivity index (χ4n) is 4.17. The minimum absolute atomic E-state index is 0.148. The van der Waals surface area contributed by atoms with Crippen LogP contribution >= 0.6 is 0 Å². The van der Waals surface area contributed by atoms with Gasteiger partial charge in [0.25, 0.3) is 5.91 Å². The Hall–Kier alpha value is -2.86. The van der Waals surface area contributed by atoms with Gasteiger partial charge in [0.2, 0.25) is 5.91 Å². The number of nitrogens with zero attached hydrogens (tertiary/aromatic N) is 2. The van der Waals surface area contributed by atoms with Crippen LogP contribution in [-0.4, -0.2) is 36.5 Å². The van der Waals surface area contributed by atoms with E-state index in [1.165, 1.54) is 4.90 Å². The highest BCUT2D eigenvalue weighted by Crippen LogP contribution is 2.47. The summed E-state index contributed by atoms with van der Waals surface area (Å²) in [6, 6.07) is 15.1. The van der Waals surface area contributed by atoms with E-state index < -0.39 is 12.0 Å². The summed E-state index contributed by atoms with van der Waals surface area (Å²) in [6.45, 7) is 4.49. The fraction of sp³-hybridized carbons (Fsp3) is 0.391. The SMILES string of the molecule is CCCCN1C(=O)[C@@H]2[C@H](ON(c3ccccc3C)[C@H]2c2ccc(OC)cc2)C1=O. The molecule has 152 valence electrons. The van der Waals surface area contributed by atoms with Gasteiger partial charge in [0.05, 0.1) is 18.8 Å². The molecule has 0 aliphatic carbocycles. The zero-order chi connectivity index (χ0) is 20.5. The number of carbonyl (C=O) groups is 2. The van der Waals surface area contributed by atoms with Crippen molar-refractivity contribution in [1.82, 2.24) is 4.90 Å². The predicted molar refractivity (Wildman–Crippen MR) is 109 cm³/mol. The van der Waals surface area contributed by atoms with Crippen LogP contribution in [0.2, 0.25) is 0 Å². The van der Waals surface area contributed by atoms with E-state index in [0.29, 0.717) is 6.54 Å². The summed E-state index contributed by atoms with van der Waals surface area (Å²) in [5.41, 5.74) is 2.80. The van der Waals surface area contributed by atoms with Gasteiger partial charge >= 0.3 is 0 Å². The van der Waals surface area contributed by atoms with Gasteiger partial charge in [-0.3, -0.25) is 19.3 Å². The molecule has 2 fully saturated rings. The lowest BCUT2D eigenvalue weighted by Gasteiger charge is -2.29. The maximum atomic E-state index is 13.2. The zero-order valence-electron chi connectivity index (χ0n) is 17.0. The third-order valence-corrected chi connectivity index (χ3v) is 5.75. The maximum Gasteiger partial charge on any atom is 0.261 e. The Morgan fingerprint density at radius 2 is 1.76 bits per heavy atom. The number of benzene rings is 2. The molecule has 0 bridgehead atoms. The number of hydroxylamine groups is 1. The molecule has 2 aliphatic rings. The Labute approximate surface area is 171 Å². The number of fused-ring (bicyclic) bond motifs is 1. The average Bonchev–Trinajstić information content (AvgIpc) is 3.23. The first-order chi connectivity index (χ1) is 14.1. The smallest absolute Gasteiger partial charge is 0.261 e. The molecule has 0 radical (unpaired) electrons. The molecular weight excluding hydrogens is 368 g/mol. The van der Waals surface area contributed by atoms with E-state index in [9.17, 15) is 9.59 Å². The standard InChI is InChI=1S/C23H26N2O4/c1-4-5-14-24-22(26)19-20(16-10-12-17(28-3)13-11-16)25(29-21(19)23(24)27)18-9-7-6-8-15(18)2/h6-13,19-21H,4-5,14H2,1-3H3/t19-,20-,21-/m0/s1. The van der Waals surface area contributed by atoms with Crippen LogP contribution in [0, 0.1) is 12.8 Å². The molecule has 3 atom stereocenters. The van der Waals surface area contributed by atoms with Crippen molar-refractivity contribution >= 4 is 17.5 Å². The van der Waals surface area contributed by atoms with Crippen LogP contribution in [0.4, 0.5) is 5.69 Å². The molecule has 0 saturated carbocycles. The number of rotatable bonds is 6. The molecule has 0 spiro atoms. The Bertz CT molecular complexity index is 911. The second-order valence-corrected chi connectivity index (χ2v) is 7.56. The lowest BCUT2D eigenvalue weighted by molar-refractivity contribution is -0.143. The Morgan fingerprint density at radius 3 is 2.41 bits per heavy atom. The monoisotopic (exact) mass is 394 g/mol. The van der Waals surface area contributed by atoms with Crippen LogP contribution in [0.25, 0.3) is 0 Å². The minimum atomic E-state index is -0.786. The molecule has 29 heavy (non-hydrogen) atoms. The van der Waals surface area contributed by atoms with Gasteiger partial charge in [-0.15, -0.1) is 0 Å². The summed E-state index contributed by atoms with van der Waals surface area (Å²) >= 11 is 0. The Kier molecular flexibility index (Phi) is 5.28. The minimum Gasteiger partial charge on any atom is -0.497 e. The lowest BCUT2D eigenvalue weighted by Crippen LogP contribution is -2.38. The zero-order valence-corrected chi connectivity index (χ0v) is 17.0. The molecule has 0 aromatic heterocycles. The molecule has 0 N–H and O–H groups in total. The number of unbranched alkanes of at least 4 members (excludes halogenated alkanes) is 1. The van der Waals surface area contributed by atoms with Crippen molar-refractivity contribution in [2.45, 2.75) is 38.8 Å². The number of carbonyl (C=O) groups excluding carboxylic acids is 2. The third kappa shape index (κ3) is 3.27. The number of imide groups is 1. The van der Waals surface area contributed by atoms with Crippen molar-refractivity contribution in [3.8, 4) is 5.75 Å². The molecule has 2 heterocycles. The third-order valence-electron chi connectivity index (χ3n) is 5.75. The van der Waals surface area contributed by atoms with Crippen LogP contribution < -0.4 is 9.80 Å². The molecule has 6 nitrogen and oxygen atoms in total. The highest BCUT2D eigenvalue weighted by molar-refractivity contribution is 6.07. The van der Waals surface area contributed by atoms with Gasteiger partial charge < -0.3 is 4.74 Å². The largest absolute Gasteiger partial charge is 0.497 e. The number of hydrogen-bond donors (Lipinski definition) is 0. The lowest BCUT2D eigenvalue weighted by atomic mass is 9.90. The van der Waals surface area contributed by atoms with Crippen molar-refractivity contribution in [3.63, 3.8) is 0 Å². The fourth-order valence-corrected chi connectivity index (χ4v) is 4.17. The number of hydrogen-bond acceptors (Lipinski definition) is 5. The number of anilines is 1. The molecule has 6 heteroatoms. The Morgan fingerprint density at radius 1 is 1.03 bits per heavy atom. The van der Waals surface area contributed by atoms with Crippen molar-refractivity contribution in [3.05, 3.63) is 59.7 Å². The summed E-state index contributed by atoms with van der Waals surface area (Å²) in [5, 5.41) is 1.75. The van der Waals surface area contributed by atoms with Crippen LogP contribution in [0.3, 0.4) is 0 Å². The molecule has 2 aliphatic heterocycles. The molecule has 2 amide bonds. The quantitative estimate of drug-likeness (QED) is 0.700. The molecular formula is C23H26N2O4. The van der Waals surface area contributed by atoms with Crippen LogP contribution in [0.15, 0.2) is 48.5 Å². The second kappa shape index (κ2) is 7.87. The molecule has 2 aromatic carbocycles. The van der Waals surface area contributed by atoms with Crippen LogP contribution in [-0.2, 0) is 14.4 Å². The first-order valence-corrected chi connectivity index (χ1v) is 10.1. The van der Waals surface area contributed by atoms with Gasteiger partial charge in [0, 0.05) is 6.54 Å². The van der Waals surface area contributed by atoms with Gasteiger partial charge in [0.1, 0.15) is 11.7 Å². The number of likely N-dealkylation sites (tertiary alicyclic amines) is 1. The van der Waals surface area contributed by atoms with Gasteiger partial charge in [-0.2, -0.15) is 0 Å². The van der Waals surface area contributed by atoms with Gasteiger partial charge in [-0.1, -0.05) is 43.7 Å². The highest BCUT2D eigenvalue weighted by atomic mass is 16.7. The number of aryl methyl sites for hydroxylation is 1. The first-order valence-electron chi connectivity index (χ1n) is 10.1. The van der Waals surface area contributed by atoms with Crippen molar-refractivity contribution in [1.29, 1.82) is 0 Å². The summed E-state index contributed by atoms with van der Waals surface area (Å²) < 4.78 is 5.27. The predicted octanol–water partition coefficient (Wildman–Crippen LogP) is 3.65. The molecule has 2 aromatic rings. The summed E-state index contributed by atoms with van der Waals surface area (Å²) in [7, 11) is 1.62. The van der Waals surface area contributed by atoms with Gasteiger partial charge in [-0.25, -0.2) is 5.06 Å². The summed E-state index contributed by atoms with van der Waals surface area (Å²) in [5.74, 6) is -0.203. The first kappa shape index (κ1) is 19.5. The summed E-state index contributed by atoms with van der Waals surface area (Å²) in [6.07, 6.45) is 0.932. The average molecular weight is 394 g/mol. The van der Waals surface area contributed by atoms with Gasteiger partial charge in [0.15, 0.2) is 6.10 Å². The van der Waals surface area contributed by atoms with Crippen molar-refractivity contribution in [2.24, 2.45) is 5.92 Å². The van der Waals surface area contributed by atoms with E-state index in [1.54, 1.807) is 12.2 Å². The second-order valence-electron chi connectivity index (χ2n) is 7.56. The topological polar surface area (TPSA) is 59.1 Å². The number of ether oxygens (including phenoxy) is 1. The van der Waals surface area contributed by atoms with Gasteiger partial charge in [-0.05, 0) is 42.7 Å². The number of methoxy groups -OCH3 is 1. The molecule has 0 unspecified atom stereocenters. The van der Waals surface area contributed by atoms with Crippen LogP contribution in [0.5, 0.6) is 5.75 Å². The van der Waals surface area contributed by atoms with Crippen molar-refractivity contribution in [2.75, 3.05) is 18.7 Å². The van der Waals surface area contributed by atoms with E-state index in [4.69, 9.17) is 9.57 Å². The highest BCUT2D eigenvalue weighted by Gasteiger charge is 2.59. The molecule has 4 rings (SSSR count).